The van der Waals surface area contributed by atoms with E-state index in [0.717, 1.165) is 12.2 Å². The van der Waals surface area contributed by atoms with Crippen molar-refractivity contribution in [3.8, 4) is 0 Å². The second kappa shape index (κ2) is 4.14. The lowest BCUT2D eigenvalue weighted by atomic mass is 10.2. The normalized spacial score (nSPS) is 26.7. The van der Waals surface area contributed by atoms with Crippen LogP contribution in [-0.2, 0) is 4.74 Å². The third kappa shape index (κ3) is 2.26. The molecule has 2 unspecified atom stereocenters. The van der Waals surface area contributed by atoms with Crippen LogP contribution in [0.5, 0.6) is 0 Å². The monoisotopic (exact) mass is 210 g/mol. The van der Waals surface area contributed by atoms with Crippen molar-refractivity contribution in [2.24, 2.45) is 0 Å². The molecular weight excluding hydrogens is 195 g/mol. The van der Waals surface area contributed by atoms with Gasteiger partial charge in [0.25, 0.3) is 0 Å². The molecule has 0 spiro atoms. The topological polar surface area (TPSA) is 25.4 Å². The summed E-state index contributed by atoms with van der Waals surface area (Å²) in [5, 5.41) is 0. The van der Waals surface area contributed by atoms with Gasteiger partial charge in [-0.1, -0.05) is 0 Å². The third-order valence-corrected chi connectivity index (χ3v) is 2.65. The molecule has 0 aromatic carbocycles. The number of hydrogen-bond donors (Lipinski definition) is 0. The number of aromatic nitrogens is 1. The highest BCUT2D eigenvalue weighted by atomic mass is 19.1. The Morgan fingerprint density at radius 2 is 2.33 bits per heavy atom. The average molecular weight is 210 g/mol. The van der Waals surface area contributed by atoms with Gasteiger partial charge in [0.2, 0.25) is 5.95 Å². The molecule has 0 radical (unpaired) electrons. The van der Waals surface area contributed by atoms with Gasteiger partial charge in [-0.2, -0.15) is 4.39 Å². The highest BCUT2D eigenvalue weighted by Gasteiger charge is 2.23. The summed E-state index contributed by atoms with van der Waals surface area (Å²) in [6.45, 7) is 5.58. The molecule has 0 aliphatic carbocycles. The first-order chi connectivity index (χ1) is 7.16. The van der Waals surface area contributed by atoms with Crippen LogP contribution in [0.1, 0.15) is 13.8 Å². The number of pyridine rings is 1. The molecule has 1 aromatic heterocycles. The van der Waals surface area contributed by atoms with Crippen molar-refractivity contribution >= 4 is 5.69 Å². The van der Waals surface area contributed by atoms with Crippen molar-refractivity contribution in [3.63, 3.8) is 0 Å². The molecule has 2 atom stereocenters. The van der Waals surface area contributed by atoms with Gasteiger partial charge in [0.15, 0.2) is 0 Å². The van der Waals surface area contributed by atoms with Gasteiger partial charge in [0.05, 0.1) is 12.7 Å². The van der Waals surface area contributed by atoms with Gasteiger partial charge in [-0.3, -0.25) is 0 Å². The number of hydrogen-bond acceptors (Lipinski definition) is 3. The van der Waals surface area contributed by atoms with Gasteiger partial charge < -0.3 is 9.64 Å². The minimum absolute atomic E-state index is 0.192. The van der Waals surface area contributed by atoms with Gasteiger partial charge in [0.1, 0.15) is 0 Å². The third-order valence-electron chi connectivity index (χ3n) is 2.65. The smallest absolute Gasteiger partial charge is 0.214 e. The Kier molecular flexibility index (Phi) is 2.86. The maximum absolute atomic E-state index is 13.0. The molecule has 1 aromatic rings. The van der Waals surface area contributed by atoms with E-state index < -0.39 is 5.95 Å². The summed E-state index contributed by atoms with van der Waals surface area (Å²) >= 11 is 0. The van der Waals surface area contributed by atoms with Crippen LogP contribution in [-0.4, -0.2) is 30.3 Å². The van der Waals surface area contributed by atoms with Crippen molar-refractivity contribution in [1.82, 2.24) is 4.98 Å². The van der Waals surface area contributed by atoms with E-state index in [0.29, 0.717) is 6.61 Å². The number of rotatable bonds is 1. The van der Waals surface area contributed by atoms with Crippen molar-refractivity contribution in [1.29, 1.82) is 0 Å². The Bertz CT molecular complexity index is 345. The minimum Gasteiger partial charge on any atom is -0.375 e. The van der Waals surface area contributed by atoms with E-state index in [1.165, 1.54) is 12.3 Å². The second-order valence-electron chi connectivity index (χ2n) is 3.98. The predicted molar refractivity (Wildman–Crippen MR) is 56.4 cm³/mol. The van der Waals surface area contributed by atoms with Crippen molar-refractivity contribution in [2.75, 3.05) is 18.1 Å². The second-order valence-corrected chi connectivity index (χ2v) is 3.98. The summed E-state index contributed by atoms with van der Waals surface area (Å²) in [5.41, 5.74) is 0.880. The lowest BCUT2D eigenvalue weighted by Crippen LogP contribution is -2.47. The van der Waals surface area contributed by atoms with Crippen LogP contribution in [0.4, 0.5) is 10.1 Å². The highest BCUT2D eigenvalue weighted by Crippen LogP contribution is 2.21. The molecule has 0 bridgehead atoms. The van der Waals surface area contributed by atoms with Crippen molar-refractivity contribution < 1.29 is 9.13 Å². The molecule has 2 rings (SSSR count). The molecule has 3 nitrogen and oxygen atoms in total. The molecule has 1 aliphatic rings. The quantitative estimate of drug-likeness (QED) is 0.661. The lowest BCUT2D eigenvalue weighted by Gasteiger charge is -2.38. The van der Waals surface area contributed by atoms with E-state index in [1.54, 1.807) is 0 Å². The Hall–Kier alpha value is -1.16. The van der Waals surface area contributed by atoms with E-state index in [9.17, 15) is 4.39 Å². The molecule has 1 aliphatic heterocycles. The van der Waals surface area contributed by atoms with Gasteiger partial charge in [-0.05, 0) is 19.9 Å². The van der Waals surface area contributed by atoms with E-state index in [2.05, 4.69) is 16.8 Å². The first-order valence-corrected chi connectivity index (χ1v) is 5.16. The zero-order chi connectivity index (χ0) is 10.8. The van der Waals surface area contributed by atoms with Crippen LogP contribution >= 0.6 is 0 Å². The maximum atomic E-state index is 13.0. The Labute approximate surface area is 88.9 Å². The zero-order valence-corrected chi connectivity index (χ0v) is 8.98. The van der Waals surface area contributed by atoms with Crippen LogP contribution in [0.3, 0.4) is 0 Å². The number of morpholine rings is 1. The summed E-state index contributed by atoms with van der Waals surface area (Å²) in [6.07, 6.45) is 1.69. The fourth-order valence-corrected chi connectivity index (χ4v) is 1.83. The highest BCUT2D eigenvalue weighted by molar-refractivity contribution is 5.46. The molecule has 4 heteroatoms. The SMILES string of the molecule is CC1CN(c2ccnc(F)c2)C(C)CO1. The van der Waals surface area contributed by atoms with Gasteiger partial charge in [-0.25, -0.2) is 4.98 Å². The Morgan fingerprint density at radius 3 is 3.07 bits per heavy atom. The standard InChI is InChI=1S/C11H15FN2O/c1-8-7-15-9(2)6-14(8)10-3-4-13-11(12)5-10/h3-5,8-9H,6-7H2,1-2H3. The lowest BCUT2D eigenvalue weighted by molar-refractivity contribution is 0.0343. The first kappa shape index (κ1) is 10.4. The maximum Gasteiger partial charge on any atom is 0.214 e. The number of anilines is 1. The van der Waals surface area contributed by atoms with E-state index in [-0.39, 0.29) is 12.1 Å². The molecule has 2 heterocycles. The van der Waals surface area contributed by atoms with Gasteiger partial charge in [0, 0.05) is 30.5 Å². The molecule has 0 N–H and O–H groups in total. The minimum atomic E-state index is -0.432. The molecule has 1 fully saturated rings. The van der Waals surface area contributed by atoms with E-state index >= 15 is 0 Å². The molecule has 82 valence electrons. The Balaban J connectivity index is 2.21. The van der Waals surface area contributed by atoms with Crippen LogP contribution in [0.15, 0.2) is 18.3 Å². The summed E-state index contributed by atoms with van der Waals surface area (Å²) in [7, 11) is 0. The van der Waals surface area contributed by atoms with Crippen LogP contribution in [0.2, 0.25) is 0 Å². The largest absolute Gasteiger partial charge is 0.375 e. The van der Waals surface area contributed by atoms with Crippen LogP contribution in [0, 0.1) is 5.95 Å². The molecule has 0 saturated carbocycles. The van der Waals surface area contributed by atoms with Gasteiger partial charge >= 0.3 is 0 Å². The number of ether oxygens (including phenoxy) is 1. The van der Waals surface area contributed by atoms with Crippen molar-refractivity contribution in [3.05, 3.63) is 24.3 Å². The first-order valence-electron chi connectivity index (χ1n) is 5.16. The molecule has 0 amide bonds. The summed E-state index contributed by atoms with van der Waals surface area (Å²) in [4.78, 5) is 5.71. The predicted octanol–water partition coefficient (Wildman–Crippen LogP) is 1.83. The fraction of sp³-hybridized carbons (Fsp3) is 0.545. The van der Waals surface area contributed by atoms with Gasteiger partial charge in [-0.15, -0.1) is 0 Å². The summed E-state index contributed by atoms with van der Waals surface area (Å²) in [6, 6.07) is 3.58. The van der Waals surface area contributed by atoms with Crippen LogP contribution in [0.25, 0.3) is 0 Å². The van der Waals surface area contributed by atoms with E-state index in [1.807, 2.05) is 13.0 Å². The number of halogens is 1. The molecule has 15 heavy (non-hydrogen) atoms. The van der Waals surface area contributed by atoms with E-state index in [4.69, 9.17) is 4.74 Å². The molecular formula is C11H15FN2O. The van der Waals surface area contributed by atoms with Crippen molar-refractivity contribution in [2.45, 2.75) is 26.0 Å². The fourth-order valence-electron chi connectivity index (χ4n) is 1.83. The van der Waals surface area contributed by atoms with Crippen LogP contribution < -0.4 is 4.90 Å². The number of nitrogens with zero attached hydrogens (tertiary/aromatic N) is 2. The Morgan fingerprint density at radius 1 is 1.53 bits per heavy atom. The summed E-state index contributed by atoms with van der Waals surface area (Å²) < 4.78 is 18.5. The average Bonchev–Trinajstić information content (AvgIpc) is 2.22. The zero-order valence-electron chi connectivity index (χ0n) is 8.98. The summed E-state index contributed by atoms with van der Waals surface area (Å²) in [5.74, 6) is -0.432. The molecule has 1 saturated heterocycles.